The number of halogens is 1. The quantitative estimate of drug-likeness (QED) is 0.468. The molecule has 0 spiro atoms. The maximum absolute atomic E-state index is 10.7. The number of aryl methyl sites for hydroxylation is 2. The largest absolute Gasteiger partial charge is 0.269 e. The van der Waals surface area contributed by atoms with Gasteiger partial charge in [-0.05, 0) is 30.4 Å². The number of nitro groups is 1. The zero-order chi connectivity index (χ0) is 11.3. The van der Waals surface area contributed by atoms with Gasteiger partial charge in [0.05, 0.1) is 4.92 Å². The lowest BCUT2D eigenvalue weighted by Crippen LogP contribution is -1.94. The molecule has 0 heterocycles. The first-order valence-electron chi connectivity index (χ1n) is 5.00. The molecule has 0 aliphatic heterocycles. The topological polar surface area (TPSA) is 43.1 Å². The third kappa shape index (κ3) is 3.63. The molecule has 3 nitrogen and oxygen atoms in total. The fourth-order valence-corrected chi connectivity index (χ4v) is 1.75. The summed E-state index contributed by atoms with van der Waals surface area (Å²) in [5, 5.41) is 11.6. The molecule has 0 amide bonds. The lowest BCUT2D eigenvalue weighted by atomic mass is 10.0. The van der Waals surface area contributed by atoms with E-state index < -0.39 is 0 Å². The highest BCUT2D eigenvalue weighted by molar-refractivity contribution is 9.09. The van der Waals surface area contributed by atoms with Crippen molar-refractivity contribution in [2.75, 3.05) is 5.33 Å². The van der Waals surface area contributed by atoms with Crippen LogP contribution in [-0.4, -0.2) is 10.3 Å². The number of rotatable bonds is 5. The smallest absolute Gasteiger partial charge is 0.258 e. The first-order valence-corrected chi connectivity index (χ1v) is 6.12. The average Bonchev–Trinajstić information content (AvgIpc) is 2.25. The molecule has 0 saturated carbocycles. The number of alkyl halides is 1. The monoisotopic (exact) mass is 271 g/mol. The Hall–Kier alpha value is -0.900. The summed E-state index contributed by atoms with van der Waals surface area (Å²) in [6, 6.07) is 5.37. The summed E-state index contributed by atoms with van der Waals surface area (Å²) in [7, 11) is 0. The van der Waals surface area contributed by atoms with Gasteiger partial charge in [-0.1, -0.05) is 28.9 Å². The second kappa shape index (κ2) is 5.85. The van der Waals surface area contributed by atoms with Crippen LogP contribution in [0.4, 0.5) is 5.69 Å². The van der Waals surface area contributed by atoms with Gasteiger partial charge in [0.1, 0.15) is 0 Å². The van der Waals surface area contributed by atoms with E-state index in [1.165, 1.54) is 0 Å². The number of hydrogen-bond donors (Lipinski definition) is 0. The molecule has 0 aliphatic carbocycles. The minimum Gasteiger partial charge on any atom is -0.258 e. The molecular formula is C11H14BrNO2. The standard InChI is InChI=1S/C11H14BrNO2/c1-2-9-6-10(4-3-5-12)8-11(7-9)13(14)15/h6-8H,2-5H2,1H3. The van der Waals surface area contributed by atoms with Gasteiger partial charge in [-0.25, -0.2) is 0 Å². The average molecular weight is 272 g/mol. The van der Waals surface area contributed by atoms with Crippen LogP contribution >= 0.6 is 15.9 Å². The predicted octanol–water partition coefficient (Wildman–Crippen LogP) is 3.48. The number of nitrogens with zero attached hydrogens (tertiary/aromatic N) is 1. The van der Waals surface area contributed by atoms with Gasteiger partial charge in [0.15, 0.2) is 0 Å². The van der Waals surface area contributed by atoms with Gasteiger partial charge in [0.2, 0.25) is 0 Å². The fraction of sp³-hybridized carbons (Fsp3) is 0.455. The van der Waals surface area contributed by atoms with E-state index in [4.69, 9.17) is 0 Å². The van der Waals surface area contributed by atoms with Crippen LogP contribution in [0.1, 0.15) is 24.5 Å². The van der Waals surface area contributed by atoms with Crippen molar-refractivity contribution in [1.29, 1.82) is 0 Å². The van der Waals surface area contributed by atoms with E-state index in [1.54, 1.807) is 12.1 Å². The van der Waals surface area contributed by atoms with Crippen LogP contribution in [-0.2, 0) is 12.8 Å². The van der Waals surface area contributed by atoms with Gasteiger partial charge in [0.25, 0.3) is 5.69 Å². The van der Waals surface area contributed by atoms with Gasteiger partial charge in [-0.3, -0.25) is 10.1 Å². The summed E-state index contributed by atoms with van der Waals surface area (Å²) in [5.74, 6) is 0. The maximum atomic E-state index is 10.7. The predicted molar refractivity (Wildman–Crippen MR) is 64.6 cm³/mol. The second-order valence-electron chi connectivity index (χ2n) is 3.41. The molecule has 0 saturated heterocycles. The minimum absolute atomic E-state index is 0.207. The summed E-state index contributed by atoms with van der Waals surface area (Å²) in [5.41, 5.74) is 2.30. The van der Waals surface area contributed by atoms with Crippen molar-refractivity contribution >= 4 is 21.6 Å². The van der Waals surface area contributed by atoms with Crippen LogP contribution in [0.25, 0.3) is 0 Å². The van der Waals surface area contributed by atoms with Gasteiger partial charge in [-0.15, -0.1) is 0 Å². The van der Waals surface area contributed by atoms with E-state index in [0.29, 0.717) is 0 Å². The summed E-state index contributed by atoms with van der Waals surface area (Å²) in [4.78, 5) is 10.4. The number of benzene rings is 1. The molecule has 1 rings (SSSR count). The molecule has 0 radical (unpaired) electrons. The van der Waals surface area contributed by atoms with Crippen LogP contribution in [0, 0.1) is 10.1 Å². The van der Waals surface area contributed by atoms with Crippen molar-refractivity contribution in [1.82, 2.24) is 0 Å². The molecule has 0 aromatic heterocycles. The summed E-state index contributed by atoms with van der Waals surface area (Å²) in [6.07, 6.45) is 2.73. The minimum atomic E-state index is -0.323. The first-order chi connectivity index (χ1) is 7.17. The summed E-state index contributed by atoms with van der Waals surface area (Å²) >= 11 is 3.36. The molecule has 82 valence electrons. The first kappa shape index (κ1) is 12.2. The fourth-order valence-electron chi connectivity index (χ4n) is 1.47. The third-order valence-corrected chi connectivity index (χ3v) is 2.82. The van der Waals surface area contributed by atoms with E-state index in [-0.39, 0.29) is 10.6 Å². The molecule has 0 fully saturated rings. The highest BCUT2D eigenvalue weighted by atomic mass is 79.9. The van der Waals surface area contributed by atoms with Crippen LogP contribution in [0.3, 0.4) is 0 Å². The molecule has 0 atom stereocenters. The zero-order valence-corrected chi connectivity index (χ0v) is 10.3. The van der Waals surface area contributed by atoms with Crippen molar-refractivity contribution in [3.8, 4) is 0 Å². The molecule has 15 heavy (non-hydrogen) atoms. The van der Waals surface area contributed by atoms with E-state index in [9.17, 15) is 10.1 Å². The Labute approximate surface area is 97.8 Å². The zero-order valence-electron chi connectivity index (χ0n) is 8.70. The van der Waals surface area contributed by atoms with Crippen molar-refractivity contribution in [3.05, 3.63) is 39.4 Å². The second-order valence-corrected chi connectivity index (χ2v) is 4.20. The van der Waals surface area contributed by atoms with Crippen LogP contribution in [0.15, 0.2) is 18.2 Å². The van der Waals surface area contributed by atoms with Crippen molar-refractivity contribution in [2.45, 2.75) is 26.2 Å². The summed E-state index contributed by atoms with van der Waals surface area (Å²) in [6.45, 7) is 2.01. The Bertz CT molecular complexity index is 352. The third-order valence-electron chi connectivity index (χ3n) is 2.26. The van der Waals surface area contributed by atoms with E-state index in [2.05, 4.69) is 22.0 Å². The van der Waals surface area contributed by atoms with Crippen LogP contribution in [0.5, 0.6) is 0 Å². The Morgan fingerprint density at radius 1 is 1.33 bits per heavy atom. The molecule has 1 aromatic rings. The number of hydrogen-bond acceptors (Lipinski definition) is 2. The molecule has 1 aromatic carbocycles. The maximum Gasteiger partial charge on any atom is 0.269 e. The Balaban J connectivity index is 2.95. The molecular weight excluding hydrogens is 258 g/mol. The number of nitro benzene ring substituents is 1. The molecule has 0 unspecified atom stereocenters. The lowest BCUT2D eigenvalue weighted by molar-refractivity contribution is -0.385. The Morgan fingerprint density at radius 2 is 2.00 bits per heavy atom. The van der Waals surface area contributed by atoms with E-state index in [0.717, 1.165) is 35.7 Å². The van der Waals surface area contributed by atoms with Crippen molar-refractivity contribution in [2.24, 2.45) is 0 Å². The summed E-state index contributed by atoms with van der Waals surface area (Å²) < 4.78 is 0. The van der Waals surface area contributed by atoms with Crippen LogP contribution < -0.4 is 0 Å². The normalized spacial score (nSPS) is 10.3. The van der Waals surface area contributed by atoms with Gasteiger partial charge in [0, 0.05) is 17.5 Å². The van der Waals surface area contributed by atoms with Gasteiger partial charge in [-0.2, -0.15) is 0 Å². The van der Waals surface area contributed by atoms with Crippen LogP contribution in [0.2, 0.25) is 0 Å². The SMILES string of the molecule is CCc1cc(CCCBr)cc([N+](=O)[O-])c1. The Kier molecular flexibility index (Phi) is 4.75. The molecule has 0 N–H and O–H groups in total. The lowest BCUT2D eigenvalue weighted by Gasteiger charge is -2.03. The Morgan fingerprint density at radius 3 is 2.53 bits per heavy atom. The highest BCUT2D eigenvalue weighted by Gasteiger charge is 2.08. The highest BCUT2D eigenvalue weighted by Crippen LogP contribution is 2.19. The molecule has 4 heteroatoms. The van der Waals surface area contributed by atoms with Gasteiger partial charge >= 0.3 is 0 Å². The van der Waals surface area contributed by atoms with Gasteiger partial charge < -0.3 is 0 Å². The number of non-ortho nitro benzene ring substituents is 1. The van der Waals surface area contributed by atoms with Crippen molar-refractivity contribution in [3.63, 3.8) is 0 Å². The molecule has 0 bridgehead atoms. The van der Waals surface area contributed by atoms with E-state index in [1.807, 2.05) is 6.92 Å². The molecule has 0 aliphatic rings. The van der Waals surface area contributed by atoms with Crippen molar-refractivity contribution < 1.29 is 4.92 Å². The van der Waals surface area contributed by atoms with E-state index >= 15 is 0 Å².